The Bertz CT molecular complexity index is 1340. The van der Waals surface area contributed by atoms with Crippen LogP contribution in [0, 0.1) is 0 Å². The number of nitrogens with one attached hydrogen (secondary N) is 1. The minimum absolute atomic E-state index is 0.122. The molecule has 1 amide bonds. The number of nitrogens with two attached hydrogens (primary N) is 1. The number of ether oxygens (including phenoxy) is 1. The van der Waals surface area contributed by atoms with E-state index in [1.807, 2.05) is 78.9 Å². The summed E-state index contributed by atoms with van der Waals surface area (Å²) in [5.74, 6) is -0.214. The van der Waals surface area contributed by atoms with Gasteiger partial charge in [0, 0.05) is 22.1 Å². The zero-order chi connectivity index (χ0) is 24.8. The molecule has 0 aliphatic rings. The molecule has 0 spiro atoms. The molecule has 0 saturated carbocycles. The summed E-state index contributed by atoms with van der Waals surface area (Å²) in [5, 5.41) is 12.3. The number of amides is 1. The van der Waals surface area contributed by atoms with Gasteiger partial charge in [0.25, 0.3) is 5.91 Å². The molecule has 0 aliphatic heterocycles. The van der Waals surface area contributed by atoms with Crippen LogP contribution in [0.15, 0.2) is 102 Å². The maximum absolute atomic E-state index is 12.7. The average Bonchev–Trinajstić information content (AvgIpc) is 2.86. The van der Waals surface area contributed by atoms with E-state index in [9.17, 15) is 14.7 Å². The summed E-state index contributed by atoms with van der Waals surface area (Å²) in [6.07, 6.45) is 0.122. The number of carbonyl (C=O) groups excluding carboxylic acids is 1. The molecule has 0 aromatic heterocycles. The largest absolute Gasteiger partial charge is 0.480 e. The van der Waals surface area contributed by atoms with E-state index in [0.717, 1.165) is 22.4 Å². The number of hydrogen-bond acceptors (Lipinski definition) is 4. The highest BCUT2D eigenvalue weighted by molar-refractivity contribution is 9.10. The van der Waals surface area contributed by atoms with Gasteiger partial charge >= 0.3 is 5.97 Å². The van der Waals surface area contributed by atoms with Crippen molar-refractivity contribution in [3.8, 4) is 22.6 Å². The third-order valence-corrected chi connectivity index (χ3v) is 5.92. The third-order valence-electron chi connectivity index (χ3n) is 5.43. The van der Waals surface area contributed by atoms with Crippen LogP contribution in [0.2, 0.25) is 0 Å². The Balaban J connectivity index is 1.50. The number of benzene rings is 4. The molecular formula is C28H23BrN2O4. The van der Waals surface area contributed by atoms with Crippen LogP contribution in [0.1, 0.15) is 15.9 Å². The standard InChI is InChI=1S/C28H23BrN2O4/c29-20-14-15-24(30)23(17-20)27(32)31-25(28(33)34)16-18-10-12-19(13-11-18)22-8-4-5-9-26(22)35-21-6-2-1-3-7-21/h1-15,17,25H,16,30H2,(H,31,32)(H,33,34)/t25-/m0/s1. The van der Waals surface area contributed by atoms with E-state index in [1.54, 1.807) is 18.2 Å². The number of aliphatic carboxylic acids is 1. The second kappa shape index (κ2) is 10.9. The summed E-state index contributed by atoms with van der Waals surface area (Å²) in [6.45, 7) is 0. The maximum atomic E-state index is 12.7. The Hall–Kier alpha value is -4.10. The Morgan fingerprint density at radius 2 is 1.60 bits per heavy atom. The van der Waals surface area contributed by atoms with Gasteiger partial charge in [0.15, 0.2) is 0 Å². The molecule has 7 heteroatoms. The van der Waals surface area contributed by atoms with Gasteiger partial charge < -0.3 is 20.9 Å². The van der Waals surface area contributed by atoms with Crippen molar-refractivity contribution in [2.75, 3.05) is 5.73 Å². The maximum Gasteiger partial charge on any atom is 0.326 e. The fourth-order valence-corrected chi connectivity index (χ4v) is 3.99. The van der Waals surface area contributed by atoms with E-state index in [-0.39, 0.29) is 17.7 Å². The number of halogens is 1. The zero-order valence-electron chi connectivity index (χ0n) is 18.6. The van der Waals surface area contributed by atoms with Gasteiger partial charge in [-0.2, -0.15) is 0 Å². The van der Waals surface area contributed by atoms with Gasteiger partial charge in [-0.3, -0.25) is 4.79 Å². The van der Waals surface area contributed by atoms with Crippen LogP contribution in [-0.4, -0.2) is 23.0 Å². The number of carboxylic acid groups (broad SMARTS) is 1. The van der Waals surface area contributed by atoms with Crippen molar-refractivity contribution >= 4 is 33.5 Å². The summed E-state index contributed by atoms with van der Waals surface area (Å²) >= 11 is 3.30. The Labute approximate surface area is 211 Å². The first-order valence-electron chi connectivity index (χ1n) is 10.9. The van der Waals surface area contributed by atoms with Crippen LogP contribution >= 0.6 is 15.9 Å². The second-order valence-electron chi connectivity index (χ2n) is 7.91. The van der Waals surface area contributed by atoms with Crippen molar-refractivity contribution < 1.29 is 19.4 Å². The molecule has 4 N–H and O–H groups in total. The van der Waals surface area contributed by atoms with Crippen LogP contribution in [0.5, 0.6) is 11.5 Å². The van der Waals surface area contributed by atoms with E-state index in [1.165, 1.54) is 0 Å². The molecule has 0 heterocycles. The summed E-state index contributed by atoms with van der Waals surface area (Å²) in [7, 11) is 0. The molecule has 0 aliphatic carbocycles. The number of para-hydroxylation sites is 2. The van der Waals surface area contributed by atoms with Crippen molar-refractivity contribution in [3.63, 3.8) is 0 Å². The Kier molecular flexibility index (Phi) is 7.48. The minimum atomic E-state index is -1.13. The molecule has 0 saturated heterocycles. The lowest BCUT2D eigenvalue weighted by atomic mass is 9.99. The highest BCUT2D eigenvalue weighted by atomic mass is 79.9. The first kappa shape index (κ1) is 24.0. The quantitative estimate of drug-likeness (QED) is 0.245. The van der Waals surface area contributed by atoms with Crippen LogP contribution in [0.4, 0.5) is 5.69 Å². The molecule has 0 radical (unpaired) electrons. The fraction of sp³-hybridized carbons (Fsp3) is 0.0714. The molecule has 1 atom stereocenters. The molecule has 35 heavy (non-hydrogen) atoms. The number of anilines is 1. The molecule has 4 aromatic rings. The fourth-order valence-electron chi connectivity index (χ4n) is 3.63. The summed E-state index contributed by atoms with van der Waals surface area (Å²) in [4.78, 5) is 24.5. The number of nitrogen functional groups attached to an aromatic ring is 1. The Morgan fingerprint density at radius 1 is 0.914 bits per heavy atom. The first-order valence-corrected chi connectivity index (χ1v) is 11.7. The molecular weight excluding hydrogens is 508 g/mol. The lowest BCUT2D eigenvalue weighted by Gasteiger charge is -2.16. The smallest absolute Gasteiger partial charge is 0.326 e. The highest BCUT2D eigenvalue weighted by Gasteiger charge is 2.22. The van der Waals surface area contributed by atoms with Gasteiger partial charge in [-0.1, -0.05) is 76.6 Å². The van der Waals surface area contributed by atoms with Crippen LogP contribution in [-0.2, 0) is 11.2 Å². The minimum Gasteiger partial charge on any atom is -0.480 e. The summed E-state index contributed by atoms with van der Waals surface area (Å²) < 4.78 is 6.73. The van der Waals surface area contributed by atoms with Gasteiger partial charge in [0.05, 0.1) is 5.56 Å². The summed E-state index contributed by atoms with van der Waals surface area (Å²) in [6, 6.07) is 28.5. The highest BCUT2D eigenvalue weighted by Crippen LogP contribution is 2.33. The molecule has 176 valence electrons. The SMILES string of the molecule is Nc1ccc(Br)cc1C(=O)N[C@@H](Cc1ccc(-c2ccccc2Oc2ccccc2)cc1)C(=O)O. The molecule has 6 nitrogen and oxygen atoms in total. The number of hydrogen-bond donors (Lipinski definition) is 3. The average molecular weight is 531 g/mol. The van der Waals surface area contributed by atoms with Crippen molar-refractivity contribution in [2.24, 2.45) is 0 Å². The molecule has 0 bridgehead atoms. The number of rotatable bonds is 8. The number of carboxylic acids is 1. The number of carbonyl (C=O) groups is 2. The van der Waals surface area contributed by atoms with E-state index in [4.69, 9.17) is 10.5 Å². The van der Waals surface area contributed by atoms with Crippen molar-refractivity contribution in [2.45, 2.75) is 12.5 Å². The van der Waals surface area contributed by atoms with E-state index < -0.39 is 17.9 Å². The monoisotopic (exact) mass is 530 g/mol. The Morgan fingerprint density at radius 3 is 2.31 bits per heavy atom. The molecule has 0 fully saturated rings. The zero-order valence-corrected chi connectivity index (χ0v) is 20.2. The second-order valence-corrected chi connectivity index (χ2v) is 8.82. The van der Waals surface area contributed by atoms with E-state index in [0.29, 0.717) is 10.2 Å². The molecule has 4 rings (SSSR count). The van der Waals surface area contributed by atoms with Crippen molar-refractivity contribution in [1.29, 1.82) is 0 Å². The van der Waals surface area contributed by atoms with E-state index in [2.05, 4.69) is 21.2 Å². The predicted octanol–water partition coefficient (Wildman–Crippen LogP) is 5.92. The van der Waals surface area contributed by atoms with Gasteiger partial charge in [0.2, 0.25) is 0 Å². The van der Waals surface area contributed by atoms with Gasteiger partial charge in [0.1, 0.15) is 17.5 Å². The normalized spacial score (nSPS) is 11.5. The topological polar surface area (TPSA) is 102 Å². The summed E-state index contributed by atoms with van der Waals surface area (Å²) in [5.41, 5.74) is 8.99. The van der Waals surface area contributed by atoms with Crippen LogP contribution in [0.25, 0.3) is 11.1 Å². The lowest BCUT2D eigenvalue weighted by Crippen LogP contribution is -2.42. The van der Waals surface area contributed by atoms with Gasteiger partial charge in [-0.15, -0.1) is 0 Å². The molecule has 4 aromatic carbocycles. The van der Waals surface area contributed by atoms with Crippen molar-refractivity contribution in [1.82, 2.24) is 5.32 Å². The first-order chi connectivity index (χ1) is 16.9. The van der Waals surface area contributed by atoms with Crippen LogP contribution in [0.3, 0.4) is 0 Å². The molecule has 0 unspecified atom stereocenters. The van der Waals surface area contributed by atoms with Gasteiger partial charge in [-0.25, -0.2) is 4.79 Å². The van der Waals surface area contributed by atoms with Crippen LogP contribution < -0.4 is 15.8 Å². The third kappa shape index (κ3) is 6.07. The van der Waals surface area contributed by atoms with E-state index >= 15 is 0 Å². The van der Waals surface area contributed by atoms with Gasteiger partial charge in [-0.05, 0) is 47.5 Å². The van der Waals surface area contributed by atoms with Crippen molar-refractivity contribution in [3.05, 3.63) is 113 Å². The lowest BCUT2D eigenvalue weighted by molar-refractivity contribution is -0.139. The predicted molar refractivity (Wildman–Crippen MR) is 140 cm³/mol.